The predicted molar refractivity (Wildman–Crippen MR) is 117 cm³/mol. The Morgan fingerprint density at radius 3 is 2.27 bits per heavy atom. The highest BCUT2D eigenvalue weighted by atomic mass is 32.2. The van der Waals surface area contributed by atoms with Crippen LogP contribution in [0, 0.1) is 0 Å². The molecule has 0 aliphatic carbocycles. The van der Waals surface area contributed by atoms with Crippen molar-refractivity contribution in [2.24, 2.45) is 0 Å². The van der Waals surface area contributed by atoms with E-state index in [1.54, 1.807) is 13.8 Å². The van der Waals surface area contributed by atoms with Crippen LogP contribution in [0.3, 0.4) is 0 Å². The van der Waals surface area contributed by atoms with Crippen LogP contribution in [0.25, 0.3) is 10.9 Å². The average Bonchev–Trinajstić information content (AvgIpc) is 2.78. The number of hydrogen-bond acceptors (Lipinski definition) is 4. The summed E-state index contributed by atoms with van der Waals surface area (Å²) in [6.45, 7) is 3.84. The summed E-state index contributed by atoms with van der Waals surface area (Å²) in [4.78, 5) is 28.2. The molecule has 0 saturated heterocycles. The van der Waals surface area contributed by atoms with E-state index in [2.05, 4.69) is 10.3 Å². The summed E-state index contributed by atoms with van der Waals surface area (Å²) < 4.78 is 64.8. The number of H-pyrrole nitrogens is 1. The maximum Gasteiger partial charge on any atom is 0.416 e. The van der Waals surface area contributed by atoms with Crippen molar-refractivity contribution in [1.29, 1.82) is 0 Å². The van der Waals surface area contributed by atoms with Gasteiger partial charge in [-0.1, -0.05) is 26.0 Å². The molecule has 1 aromatic heterocycles. The molecule has 0 bridgehead atoms. The highest BCUT2D eigenvalue weighted by Gasteiger charge is 2.30. The Morgan fingerprint density at radius 2 is 1.70 bits per heavy atom. The lowest BCUT2D eigenvalue weighted by molar-refractivity contribution is -0.137. The fraction of sp³-hybridized carbons (Fsp3) is 0.273. The van der Waals surface area contributed by atoms with Gasteiger partial charge in [-0.15, -0.1) is 0 Å². The van der Waals surface area contributed by atoms with Gasteiger partial charge >= 0.3 is 6.18 Å². The molecule has 0 unspecified atom stereocenters. The Hall–Kier alpha value is -3.18. The van der Waals surface area contributed by atoms with E-state index in [4.69, 9.17) is 0 Å². The number of carbonyl (C=O) groups is 1. The molecule has 0 atom stereocenters. The van der Waals surface area contributed by atoms with Gasteiger partial charge in [-0.2, -0.15) is 17.5 Å². The average molecular weight is 481 g/mol. The van der Waals surface area contributed by atoms with E-state index in [1.807, 2.05) is 0 Å². The smallest absolute Gasteiger partial charge is 0.360 e. The lowest BCUT2D eigenvalue weighted by Crippen LogP contribution is -2.31. The molecule has 0 saturated carbocycles. The molecule has 0 spiro atoms. The van der Waals surface area contributed by atoms with Crippen molar-refractivity contribution in [3.05, 3.63) is 75.6 Å². The molecule has 1 amide bonds. The summed E-state index contributed by atoms with van der Waals surface area (Å²) in [5.74, 6) is -0.741. The monoisotopic (exact) mass is 481 g/mol. The number of nitrogens with zero attached hydrogens (tertiary/aromatic N) is 1. The van der Waals surface area contributed by atoms with E-state index in [-0.39, 0.29) is 35.5 Å². The minimum atomic E-state index is -4.46. The number of aromatic nitrogens is 1. The summed E-state index contributed by atoms with van der Waals surface area (Å²) >= 11 is 0. The van der Waals surface area contributed by atoms with E-state index in [0.29, 0.717) is 11.1 Å². The molecular weight excluding hydrogens is 459 g/mol. The van der Waals surface area contributed by atoms with Crippen LogP contribution in [0.4, 0.5) is 13.2 Å². The Balaban J connectivity index is 1.87. The second-order valence-corrected chi connectivity index (χ2v) is 9.14. The van der Waals surface area contributed by atoms with Crippen LogP contribution in [0.15, 0.2) is 58.4 Å². The second kappa shape index (κ2) is 9.36. The summed E-state index contributed by atoms with van der Waals surface area (Å²) in [5, 5.41) is 2.53. The van der Waals surface area contributed by atoms with E-state index < -0.39 is 33.1 Å². The van der Waals surface area contributed by atoms with E-state index >= 15 is 0 Å². The molecule has 0 aliphatic heterocycles. The molecule has 2 aromatic carbocycles. The topological polar surface area (TPSA) is 99.3 Å². The van der Waals surface area contributed by atoms with Gasteiger partial charge in [0.05, 0.1) is 10.5 Å². The van der Waals surface area contributed by atoms with Crippen LogP contribution in [-0.4, -0.2) is 36.7 Å². The zero-order valence-corrected chi connectivity index (χ0v) is 18.7. The van der Waals surface area contributed by atoms with Crippen molar-refractivity contribution in [3.63, 3.8) is 0 Å². The third-order valence-corrected chi connectivity index (χ3v) is 7.22. The molecule has 2 N–H and O–H groups in total. The van der Waals surface area contributed by atoms with Gasteiger partial charge in [-0.05, 0) is 35.9 Å². The number of halogens is 3. The maximum atomic E-state index is 12.9. The van der Waals surface area contributed by atoms with Crippen LogP contribution >= 0.6 is 0 Å². The first-order chi connectivity index (χ1) is 15.5. The van der Waals surface area contributed by atoms with Crippen molar-refractivity contribution in [1.82, 2.24) is 14.6 Å². The summed E-state index contributed by atoms with van der Waals surface area (Å²) in [7, 11) is -3.80. The molecule has 33 heavy (non-hydrogen) atoms. The van der Waals surface area contributed by atoms with Gasteiger partial charge in [0.1, 0.15) is 5.56 Å². The van der Waals surface area contributed by atoms with Gasteiger partial charge in [0, 0.05) is 36.7 Å². The Labute approximate surface area is 188 Å². The number of carbonyl (C=O) groups excluding carboxylic acids is 1. The molecule has 0 aliphatic rings. The number of amides is 1. The van der Waals surface area contributed by atoms with Crippen molar-refractivity contribution in [2.75, 3.05) is 13.1 Å². The Morgan fingerprint density at radius 1 is 1.06 bits per heavy atom. The number of rotatable bonds is 7. The van der Waals surface area contributed by atoms with Gasteiger partial charge in [-0.25, -0.2) is 8.42 Å². The Kier molecular flexibility index (Phi) is 6.94. The number of aromatic amines is 1. The molecule has 7 nitrogen and oxygen atoms in total. The number of sulfonamides is 1. The van der Waals surface area contributed by atoms with Gasteiger partial charge in [0.25, 0.3) is 5.91 Å². The number of benzene rings is 2. The minimum absolute atomic E-state index is 0.0328. The summed E-state index contributed by atoms with van der Waals surface area (Å²) in [6, 6.07) is 8.35. The summed E-state index contributed by atoms with van der Waals surface area (Å²) in [6.07, 6.45) is -3.25. The quantitative estimate of drug-likeness (QED) is 0.540. The molecule has 0 radical (unpaired) electrons. The van der Waals surface area contributed by atoms with Crippen LogP contribution in [-0.2, 0) is 22.7 Å². The normalized spacial score (nSPS) is 12.3. The number of fused-ring (bicyclic) bond motifs is 1. The number of alkyl halides is 3. The molecule has 11 heteroatoms. The van der Waals surface area contributed by atoms with Crippen molar-refractivity contribution >= 4 is 26.8 Å². The van der Waals surface area contributed by atoms with E-state index in [1.165, 1.54) is 40.8 Å². The van der Waals surface area contributed by atoms with Crippen LogP contribution < -0.4 is 10.7 Å². The molecule has 0 fully saturated rings. The first kappa shape index (κ1) is 24.5. The second-order valence-electron chi connectivity index (χ2n) is 7.21. The van der Waals surface area contributed by atoms with E-state index in [0.717, 1.165) is 12.1 Å². The van der Waals surface area contributed by atoms with E-state index in [9.17, 15) is 31.2 Å². The third kappa shape index (κ3) is 5.09. The highest BCUT2D eigenvalue weighted by Crippen LogP contribution is 2.29. The zero-order chi connectivity index (χ0) is 24.4. The Bertz CT molecular complexity index is 1330. The SMILES string of the molecule is CCN(CC)S(=O)(=O)c1ccc2[nH]cc(C(=O)NCc3ccc(C(F)(F)F)cc3)c(=O)c2c1. The van der Waals surface area contributed by atoms with Crippen molar-refractivity contribution < 1.29 is 26.4 Å². The molecule has 1 heterocycles. The number of hydrogen-bond donors (Lipinski definition) is 2. The first-order valence-electron chi connectivity index (χ1n) is 10.1. The zero-order valence-electron chi connectivity index (χ0n) is 17.9. The summed E-state index contributed by atoms with van der Waals surface area (Å²) in [5.41, 5.74) is -0.935. The minimum Gasteiger partial charge on any atom is -0.360 e. The largest absolute Gasteiger partial charge is 0.416 e. The molecule has 3 aromatic rings. The van der Waals surface area contributed by atoms with Crippen LogP contribution in [0.5, 0.6) is 0 Å². The first-order valence-corrected chi connectivity index (χ1v) is 11.5. The van der Waals surface area contributed by atoms with Gasteiger partial charge in [0.2, 0.25) is 15.5 Å². The third-order valence-electron chi connectivity index (χ3n) is 5.17. The fourth-order valence-corrected chi connectivity index (χ4v) is 4.81. The molecule has 3 rings (SSSR count). The number of pyridine rings is 1. The van der Waals surface area contributed by atoms with Gasteiger partial charge in [-0.3, -0.25) is 9.59 Å². The highest BCUT2D eigenvalue weighted by molar-refractivity contribution is 7.89. The van der Waals surface area contributed by atoms with Crippen molar-refractivity contribution in [3.8, 4) is 0 Å². The molecule has 176 valence electrons. The predicted octanol–water partition coefficient (Wildman–Crippen LogP) is 3.51. The van der Waals surface area contributed by atoms with Crippen LogP contribution in [0.1, 0.15) is 35.3 Å². The lowest BCUT2D eigenvalue weighted by Gasteiger charge is -2.18. The standard InChI is InChI=1S/C22H22F3N3O4S/c1-3-28(4-2)33(31,32)16-9-10-19-17(11-16)20(29)18(13-26-19)21(30)27-12-14-5-7-15(8-6-14)22(23,24)25/h5-11,13H,3-4,12H2,1-2H3,(H,26,29)(H,27,30). The van der Waals surface area contributed by atoms with Gasteiger partial charge in [0.15, 0.2) is 0 Å². The molecular formula is C22H22F3N3O4S. The van der Waals surface area contributed by atoms with Crippen molar-refractivity contribution in [2.45, 2.75) is 31.5 Å². The number of nitrogens with one attached hydrogen (secondary N) is 2. The fourth-order valence-electron chi connectivity index (χ4n) is 3.33. The van der Waals surface area contributed by atoms with Gasteiger partial charge < -0.3 is 10.3 Å². The van der Waals surface area contributed by atoms with Crippen LogP contribution in [0.2, 0.25) is 0 Å². The lowest BCUT2D eigenvalue weighted by atomic mass is 10.1. The maximum absolute atomic E-state index is 12.9.